The third kappa shape index (κ3) is 2.25. The van der Waals surface area contributed by atoms with Crippen LogP contribution in [0.4, 0.5) is 0 Å². The Hall–Kier alpha value is -0.610. The molecule has 0 aromatic heterocycles. The highest BCUT2D eigenvalue weighted by atomic mass is 16.5. The number of carbonyl (C=O) groups is 1. The van der Waals surface area contributed by atoms with E-state index >= 15 is 0 Å². The van der Waals surface area contributed by atoms with Gasteiger partial charge in [0, 0.05) is 13.7 Å². The van der Waals surface area contributed by atoms with Gasteiger partial charge >= 0.3 is 5.97 Å². The molecule has 0 aliphatic heterocycles. The topological polar surface area (TPSA) is 58.6 Å². The lowest BCUT2D eigenvalue weighted by molar-refractivity contribution is -0.146. The molecule has 2 N–H and O–H groups in total. The second-order valence-corrected chi connectivity index (χ2v) is 3.82. The van der Waals surface area contributed by atoms with E-state index in [9.17, 15) is 9.90 Å². The molecule has 0 spiro atoms. The zero-order chi connectivity index (χ0) is 10.6. The molecule has 1 fully saturated rings. The molecule has 0 radical (unpaired) electrons. The lowest BCUT2D eigenvalue weighted by Gasteiger charge is -2.29. The Morgan fingerprint density at radius 1 is 1.64 bits per heavy atom. The molecule has 0 bridgehead atoms. The van der Waals surface area contributed by atoms with E-state index in [1.807, 2.05) is 6.92 Å². The minimum absolute atomic E-state index is 0.307. The van der Waals surface area contributed by atoms with E-state index in [1.165, 1.54) is 0 Å². The fourth-order valence-electron chi connectivity index (χ4n) is 1.91. The fourth-order valence-corrected chi connectivity index (χ4v) is 1.91. The summed E-state index contributed by atoms with van der Waals surface area (Å²) in [6, 6.07) is 0. The largest absolute Gasteiger partial charge is 0.480 e. The average molecular weight is 201 g/mol. The highest BCUT2D eigenvalue weighted by molar-refractivity contribution is 5.79. The van der Waals surface area contributed by atoms with Gasteiger partial charge in [-0.15, -0.1) is 0 Å². The second kappa shape index (κ2) is 4.75. The molecule has 0 amide bonds. The number of carboxylic acid groups (broad SMARTS) is 1. The maximum atomic E-state index is 11.2. The summed E-state index contributed by atoms with van der Waals surface area (Å²) in [5.41, 5.74) is -0.710. The van der Waals surface area contributed by atoms with E-state index in [4.69, 9.17) is 4.74 Å². The normalized spacial score (nSPS) is 20.4. The predicted molar refractivity (Wildman–Crippen MR) is 53.3 cm³/mol. The molecular formula is C10H19NO3. The van der Waals surface area contributed by atoms with Crippen LogP contribution in [0.25, 0.3) is 0 Å². The van der Waals surface area contributed by atoms with E-state index in [1.54, 1.807) is 7.11 Å². The molecule has 82 valence electrons. The molecule has 1 aliphatic rings. The molecule has 1 atom stereocenters. The van der Waals surface area contributed by atoms with Gasteiger partial charge in [-0.25, -0.2) is 0 Å². The van der Waals surface area contributed by atoms with E-state index in [-0.39, 0.29) is 0 Å². The number of hydrogen-bond donors (Lipinski definition) is 2. The van der Waals surface area contributed by atoms with Crippen molar-refractivity contribution in [1.29, 1.82) is 0 Å². The van der Waals surface area contributed by atoms with E-state index < -0.39 is 11.5 Å². The number of rotatable bonds is 7. The molecule has 1 saturated carbocycles. The van der Waals surface area contributed by atoms with Crippen LogP contribution in [0.1, 0.15) is 26.2 Å². The molecule has 4 nitrogen and oxygen atoms in total. The first-order chi connectivity index (χ1) is 6.67. The Kier molecular flexibility index (Phi) is 3.89. The standard InChI is InChI=1S/C10H19NO3/c1-3-10(9(12)13,8-4-5-8)11-6-7-14-2/h8,11H,3-7H2,1-2H3,(H,12,13). The minimum atomic E-state index is -0.724. The summed E-state index contributed by atoms with van der Waals surface area (Å²) in [7, 11) is 1.62. The van der Waals surface area contributed by atoms with E-state index in [0.29, 0.717) is 25.5 Å². The molecular weight excluding hydrogens is 182 g/mol. The van der Waals surface area contributed by atoms with Gasteiger partial charge < -0.3 is 9.84 Å². The van der Waals surface area contributed by atoms with E-state index in [0.717, 1.165) is 12.8 Å². The lowest BCUT2D eigenvalue weighted by atomic mass is 9.90. The van der Waals surface area contributed by atoms with Crippen molar-refractivity contribution in [2.24, 2.45) is 5.92 Å². The van der Waals surface area contributed by atoms with Crippen LogP contribution in [0.5, 0.6) is 0 Å². The first-order valence-electron chi connectivity index (χ1n) is 5.14. The maximum Gasteiger partial charge on any atom is 0.324 e. The molecule has 0 aromatic carbocycles. The van der Waals surface area contributed by atoms with Crippen LogP contribution in [0.15, 0.2) is 0 Å². The van der Waals surface area contributed by atoms with Crippen molar-refractivity contribution in [1.82, 2.24) is 5.32 Å². The van der Waals surface area contributed by atoms with Crippen molar-refractivity contribution < 1.29 is 14.6 Å². The number of carboxylic acids is 1. The predicted octanol–water partition coefficient (Wildman–Crippen LogP) is 0.866. The van der Waals surface area contributed by atoms with Crippen LogP contribution in [0, 0.1) is 5.92 Å². The highest BCUT2D eigenvalue weighted by Crippen LogP contribution is 2.41. The van der Waals surface area contributed by atoms with Gasteiger partial charge in [0.25, 0.3) is 0 Å². The monoisotopic (exact) mass is 201 g/mol. The highest BCUT2D eigenvalue weighted by Gasteiger charge is 2.49. The molecule has 0 heterocycles. The second-order valence-electron chi connectivity index (χ2n) is 3.82. The Balaban J connectivity index is 2.54. The van der Waals surface area contributed by atoms with Crippen LogP contribution < -0.4 is 5.32 Å². The SMILES string of the molecule is CCC(NCCOC)(C(=O)O)C1CC1. The van der Waals surface area contributed by atoms with Gasteiger partial charge in [-0.05, 0) is 25.2 Å². The first-order valence-corrected chi connectivity index (χ1v) is 5.14. The molecule has 0 saturated heterocycles. The van der Waals surface area contributed by atoms with Crippen LogP contribution in [-0.2, 0) is 9.53 Å². The van der Waals surface area contributed by atoms with Crippen molar-refractivity contribution in [3.8, 4) is 0 Å². The summed E-state index contributed by atoms with van der Waals surface area (Å²) < 4.78 is 4.91. The summed E-state index contributed by atoms with van der Waals surface area (Å²) in [5, 5.41) is 12.4. The lowest BCUT2D eigenvalue weighted by Crippen LogP contribution is -2.54. The van der Waals surface area contributed by atoms with Gasteiger partial charge in [0.2, 0.25) is 0 Å². The molecule has 1 aliphatic carbocycles. The van der Waals surface area contributed by atoms with Crippen molar-refractivity contribution in [3.63, 3.8) is 0 Å². The van der Waals surface area contributed by atoms with Crippen LogP contribution in [-0.4, -0.2) is 36.9 Å². The minimum Gasteiger partial charge on any atom is -0.480 e. The maximum absolute atomic E-state index is 11.2. The molecule has 1 unspecified atom stereocenters. The quantitative estimate of drug-likeness (QED) is 0.600. The summed E-state index contributed by atoms with van der Waals surface area (Å²) in [6.45, 7) is 3.08. The van der Waals surface area contributed by atoms with Crippen molar-refractivity contribution in [2.75, 3.05) is 20.3 Å². The Bertz CT molecular complexity index is 204. The van der Waals surface area contributed by atoms with Crippen molar-refractivity contribution >= 4 is 5.97 Å². The van der Waals surface area contributed by atoms with Gasteiger partial charge in [-0.2, -0.15) is 0 Å². The summed E-state index contributed by atoms with van der Waals surface area (Å²) in [6.07, 6.45) is 2.69. The Labute approximate surface area is 84.6 Å². The molecule has 4 heteroatoms. The number of hydrogen-bond acceptors (Lipinski definition) is 3. The summed E-state index contributed by atoms with van der Waals surface area (Å²) >= 11 is 0. The molecule has 0 aromatic rings. The summed E-state index contributed by atoms with van der Waals surface area (Å²) in [4.78, 5) is 11.2. The van der Waals surface area contributed by atoms with Crippen LogP contribution >= 0.6 is 0 Å². The fraction of sp³-hybridized carbons (Fsp3) is 0.900. The third-order valence-corrected chi connectivity index (χ3v) is 2.96. The zero-order valence-electron chi connectivity index (χ0n) is 8.88. The van der Waals surface area contributed by atoms with Crippen molar-refractivity contribution in [3.05, 3.63) is 0 Å². The van der Waals surface area contributed by atoms with Gasteiger partial charge in [-0.3, -0.25) is 10.1 Å². The van der Waals surface area contributed by atoms with Gasteiger partial charge in [0.15, 0.2) is 0 Å². The van der Waals surface area contributed by atoms with E-state index in [2.05, 4.69) is 5.32 Å². The van der Waals surface area contributed by atoms with Gasteiger partial charge in [-0.1, -0.05) is 6.92 Å². The van der Waals surface area contributed by atoms with Gasteiger partial charge in [0.05, 0.1) is 6.61 Å². The van der Waals surface area contributed by atoms with Gasteiger partial charge in [0.1, 0.15) is 5.54 Å². The molecule has 14 heavy (non-hydrogen) atoms. The number of ether oxygens (including phenoxy) is 1. The number of aliphatic carboxylic acids is 1. The Morgan fingerprint density at radius 2 is 2.29 bits per heavy atom. The van der Waals surface area contributed by atoms with Crippen LogP contribution in [0.3, 0.4) is 0 Å². The summed E-state index contributed by atoms with van der Waals surface area (Å²) in [5.74, 6) is -0.416. The van der Waals surface area contributed by atoms with Crippen molar-refractivity contribution in [2.45, 2.75) is 31.7 Å². The Morgan fingerprint density at radius 3 is 2.64 bits per heavy atom. The average Bonchev–Trinajstić information content (AvgIpc) is 2.96. The number of methoxy groups -OCH3 is 1. The first kappa shape index (κ1) is 11.5. The molecule has 1 rings (SSSR count). The van der Waals surface area contributed by atoms with Crippen LogP contribution in [0.2, 0.25) is 0 Å². The smallest absolute Gasteiger partial charge is 0.324 e. The zero-order valence-corrected chi connectivity index (χ0v) is 8.88. The number of nitrogens with one attached hydrogen (secondary N) is 1. The third-order valence-electron chi connectivity index (χ3n) is 2.96.